The lowest BCUT2D eigenvalue weighted by atomic mass is 10.1. The van der Waals surface area contributed by atoms with E-state index in [1.807, 2.05) is 44.4 Å². The molecule has 0 saturated heterocycles. The summed E-state index contributed by atoms with van der Waals surface area (Å²) in [5.74, 6) is -0.572. The normalized spacial score (nSPS) is 12.5. The van der Waals surface area contributed by atoms with Crippen molar-refractivity contribution in [1.29, 1.82) is 0 Å². The summed E-state index contributed by atoms with van der Waals surface area (Å²) >= 11 is 0. The van der Waals surface area contributed by atoms with Gasteiger partial charge in [-0.3, -0.25) is 4.79 Å². The van der Waals surface area contributed by atoms with E-state index in [9.17, 15) is 9.18 Å². The van der Waals surface area contributed by atoms with Crippen LogP contribution in [0.4, 0.5) is 4.39 Å². The molecule has 2 N–H and O–H groups in total. The highest BCUT2D eigenvalue weighted by molar-refractivity contribution is 5.92. The number of nitrogens with one attached hydrogen (secondary N) is 2. The zero-order valence-electron chi connectivity index (χ0n) is 13.4. The minimum Gasteiger partial charge on any atom is -0.340 e. The van der Waals surface area contributed by atoms with Gasteiger partial charge in [0.25, 0.3) is 0 Å². The van der Waals surface area contributed by atoms with Gasteiger partial charge in [-0.15, -0.1) is 0 Å². The van der Waals surface area contributed by atoms with Crippen molar-refractivity contribution < 1.29 is 14.1 Å². The highest BCUT2D eigenvalue weighted by Crippen LogP contribution is 2.11. The molecule has 120 valence electrons. The van der Waals surface area contributed by atoms with Gasteiger partial charge in [0.15, 0.2) is 0 Å². The molecule has 0 aliphatic rings. The van der Waals surface area contributed by atoms with Gasteiger partial charge in [0.1, 0.15) is 18.4 Å². The van der Waals surface area contributed by atoms with Crippen LogP contribution in [0.5, 0.6) is 0 Å². The SMILES string of the molecule is C[NH+](C)C[C@H](NC(=O)/C=C/c1ccccc1F)c1ccccc1. The molecular formula is C19H22FN2O+. The summed E-state index contributed by atoms with van der Waals surface area (Å²) in [4.78, 5) is 13.4. The molecule has 4 heteroatoms. The highest BCUT2D eigenvalue weighted by Gasteiger charge is 2.16. The third-order valence-corrected chi connectivity index (χ3v) is 3.45. The van der Waals surface area contributed by atoms with Crippen LogP contribution in [-0.2, 0) is 4.79 Å². The van der Waals surface area contributed by atoms with Crippen molar-refractivity contribution in [2.75, 3.05) is 20.6 Å². The molecule has 0 aliphatic heterocycles. The molecule has 0 radical (unpaired) electrons. The average Bonchev–Trinajstić information content (AvgIpc) is 2.54. The van der Waals surface area contributed by atoms with E-state index in [0.29, 0.717) is 5.56 Å². The fourth-order valence-electron chi connectivity index (χ4n) is 2.34. The first kappa shape index (κ1) is 16.9. The van der Waals surface area contributed by atoms with Gasteiger partial charge < -0.3 is 10.2 Å². The molecule has 1 atom stereocenters. The van der Waals surface area contributed by atoms with Gasteiger partial charge in [-0.1, -0.05) is 48.5 Å². The predicted molar refractivity (Wildman–Crippen MR) is 90.4 cm³/mol. The largest absolute Gasteiger partial charge is 0.340 e. The number of quaternary nitrogens is 1. The van der Waals surface area contributed by atoms with E-state index in [2.05, 4.69) is 5.32 Å². The topological polar surface area (TPSA) is 33.5 Å². The number of carbonyl (C=O) groups excluding carboxylic acids is 1. The van der Waals surface area contributed by atoms with E-state index in [4.69, 9.17) is 0 Å². The Morgan fingerprint density at radius 3 is 2.43 bits per heavy atom. The summed E-state index contributed by atoms with van der Waals surface area (Å²) in [6.45, 7) is 0.767. The molecule has 0 aliphatic carbocycles. The van der Waals surface area contributed by atoms with Crippen molar-refractivity contribution in [3.63, 3.8) is 0 Å². The Kier molecular flexibility index (Phi) is 6.06. The molecule has 2 aromatic carbocycles. The van der Waals surface area contributed by atoms with Crippen LogP contribution in [-0.4, -0.2) is 26.5 Å². The number of halogens is 1. The van der Waals surface area contributed by atoms with Crippen LogP contribution in [0.2, 0.25) is 0 Å². The summed E-state index contributed by atoms with van der Waals surface area (Å²) in [5, 5.41) is 2.99. The Labute approximate surface area is 136 Å². The highest BCUT2D eigenvalue weighted by atomic mass is 19.1. The lowest BCUT2D eigenvalue weighted by Gasteiger charge is -2.20. The predicted octanol–water partition coefficient (Wildman–Crippen LogP) is 1.84. The van der Waals surface area contributed by atoms with Gasteiger partial charge in [0, 0.05) is 11.6 Å². The molecule has 0 heterocycles. The zero-order valence-corrected chi connectivity index (χ0v) is 13.4. The fraction of sp³-hybridized carbons (Fsp3) is 0.211. The molecule has 2 rings (SSSR count). The van der Waals surface area contributed by atoms with E-state index in [1.54, 1.807) is 18.2 Å². The summed E-state index contributed by atoms with van der Waals surface area (Å²) in [5.41, 5.74) is 1.46. The Morgan fingerprint density at radius 1 is 1.13 bits per heavy atom. The smallest absolute Gasteiger partial charge is 0.244 e. The summed E-state index contributed by atoms with van der Waals surface area (Å²) < 4.78 is 13.6. The number of likely N-dealkylation sites (N-methyl/N-ethyl adjacent to an activating group) is 1. The van der Waals surface area contributed by atoms with Crippen molar-refractivity contribution >= 4 is 12.0 Å². The molecule has 23 heavy (non-hydrogen) atoms. The minimum absolute atomic E-state index is 0.0843. The van der Waals surface area contributed by atoms with Crippen LogP contribution in [0.1, 0.15) is 17.2 Å². The van der Waals surface area contributed by atoms with Crippen molar-refractivity contribution in [3.05, 3.63) is 77.6 Å². The number of amides is 1. The van der Waals surface area contributed by atoms with E-state index in [0.717, 1.165) is 12.1 Å². The maximum absolute atomic E-state index is 13.6. The number of benzene rings is 2. The monoisotopic (exact) mass is 313 g/mol. The Morgan fingerprint density at radius 2 is 1.78 bits per heavy atom. The van der Waals surface area contributed by atoms with Gasteiger partial charge in [-0.2, -0.15) is 0 Å². The third-order valence-electron chi connectivity index (χ3n) is 3.45. The van der Waals surface area contributed by atoms with Gasteiger partial charge in [0.2, 0.25) is 5.91 Å². The number of hydrogen-bond donors (Lipinski definition) is 2. The molecule has 0 bridgehead atoms. The van der Waals surface area contributed by atoms with Crippen LogP contribution < -0.4 is 10.2 Å². The second kappa shape index (κ2) is 8.25. The van der Waals surface area contributed by atoms with Crippen LogP contribution in [0.25, 0.3) is 6.08 Å². The molecule has 0 unspecified atom stereocenters. The molecule has 0 spiro atoms. The number of carbonyl (C=O) groups is 1. The van der Waals surface area contributed by atoms with E-state index >= 15 is 0 Å². The van der Waals surface area contributed by atoms with Crippen LogP contribution in [0.15, 0.2) is 60.7 Å². The standard InChI is InChI=1S/C19H21FN2O/c1-22(2)14-18(16-9-4-3-5-10-16)21-19(23)13-12-15-8-6-7-11-17(15)20/h3-13,18H,14H2,1-2H3,(H,21,23)/p+1/b13-12+/t18-/m0/s1. The van der Waals surface area contributed by atoms with Gasteiger partial charge >= 0.3 is 0 Å². The van der Waals surface area contributed by atoms with Gasteiger partial charge in [-0.05, 0) is 17.7 Å². The lowest BCUT2D eigenvalue weighted by Crippen LogP contribution is -3.06. The summed E-state index contributed by atoms with van der Waals surface area (Å²) in [6, 6.07) is 16.1. The second-order valence-corrected chi connectivity index (χ2v) is 5.74. The Hall–Kier alpha value is -2.46. The van der Waals surface area contributed by atoms with Crippen molar-refractivity contribution in [3.8, 4) is 0 Å². The average molecular weight is 313 g/mol. The zero-order chi connectivity index (χ0) is 16.7. The van der Waals surface area contributed by atoms with Crippen LogP contribution in [0, 0.1) is 5.82 Å². The molecule has 3 nitrogen and oxygen atoms in total. The first-order chi connectivity index (χ1) is 11.1. The maximum Gasteiger partial charge on any atom is 0.244 e. The molecule has 0 aromatic heterocycles. The lowest BCUT2D eigenvalue weighted by molar-refractivity contribution is -0.860. The van der Waals surface area contributed by atoms with Crippen molar-refractivity contribution in [2.24, 2.45) is 0 Å². The minimum atomic E-state index is -0.339. The van der Waals surface area contributed by atoms with E-state index in [-0.39, 0.29) is 17.8 Å². The molecule has 1 amide bonds. The number of hydrogen-bond acceptors (Lipinski definition) is 1. The van der Waals surface area contributed by atoms with Crippen LogP contribution >= 0.6 is 0 Å². The fourth-order valence-corrected chi connectivity index (χ4v) is 2.34. The molecule has 0 saturated carbocycles. The molecule has 0 fully saturated rings. The van der Waals surface area contributed by atoms with Gasteiger partial charge in [-0.25, -0.2) is 4.39 Å². The van der Waals surface area contributed by atoms with E-state index in [1.165, 1.54) is 23.1 Å². The summed E-state index contributed by atoms with van der Waals surface area (Å²) in [7, 11) is 4.08. The quantitative estimate of drug-likeness (QED) is 0.784. The van der Waals surface area contributed by atoms with E-state index < -0.39 is 0 Å². The third kappa shape index (κ3) is 5.34. The molecular weight excluding hydrogens is 291 g/mol. The van der Waals surface area contributed by atoms with Crippen molar-refractivity contribution in [2.45, 2.75) is 6.04 Å². The maximum atomic E-state index is 13.6. The Bertz CT molecular complexity index is 668. The Balaban J connectivity index is 2.07. The van der Waals surface area contributed by atoms with Crippen LogP contribution in [0.3, 0.4) is 0 Å². The first-order valence-electron chi connectivity index (χ1n) is 7.63. The first-order valence-corrected chi connectivity index (χ1v) is 7.63. The van der Waals surface area contributed by atoms with Gasteiger partial charge in [0.05, 0.1) is 14.1 Å². The second-order valence-electron chi connectivity index (χ2n) is 5.74. The van der Waals surface area contributed by atoms with Crippen molar-refractivity contribution in [1.82, 2.24) is 5.32 Å². The summed E-state index contributed by atoms with van der Waals surface area (Å²) in [6.07, 6.45) is 2.87. The number of rotatable bonds is 6. The molecule has 2 aromatic rings.